The number of ether oxygens (including phenoxy) is 1. The number of hydrogen-bond acceptors (Lipinski definition) is 5. The van der Waals surface area contributed by atoms with Gasteiger partial charge in [-0.15, -0.1) is 0 Å². The molecular weight excluding hydrogens is 370 g/mol. The number of carbonyl (C=O) groups is 2. The topological polar surface area (TPSA) is 82.4 Å². The molecule has 1 aliphatic heterocycles. The van der Waals surface area contributed by atoms with Crippen LogP contribution >= 0.6 is 0 Å². The first-order valence-electron chi connectivity index (χ1n) is 10.0. The molecule has 0 radical (unpaired) electrons. The number of hydrogen-bond donors (Lipinski definition) is 1. The Bertz CT molecular complexity index is 719. The number of allylic oxidation sites excluding steroid dienone is 3. The van der Waals surface area contributed by atoms with Crippen molar-refractivity contribution >= 4 is 17.8 Å². The third-order valence-corrected chi connectivity index (χ3v) is 4.53. The van der Waals surface area contributed by atoms with Crippen LogP contribution in [-0.2, 0) is 9.53 Å². The first kappa shape index (κ1) is 24.5. The highest BCUT2D eigenvalue weighted by Gasteiger charge is 2.28. The van der Waals surface area contributed by atoms with Crippen molar-refractivity contribution < 1.29 is 19.4 Å². The summed E-state index contributed by atoms with van der Waals surface area (Å²) >= 11 is 0. The first-order valence-corrected chi connectivity index (χ1v) is 10.0. The molecule has 29 heavy (non-hydrogen) atoms. The molecule has 7 heteroatoms. The summed E-state index contributed by atoms with van der Waals surface area (Å²) < 4.78 is 5.44. The fourth-order valence-electron chi connectivity index (χ4n) is 3.07. The second kappa shape index (κ2) is 10.8. The maximum atomic E-state index is 12.3. The molecule has 0 atom stereocenters. The largest absolute Gasteiger partial charge is 0.478 e. The Morgan fingerprint density at radius 1 is 1.10 bits per heavy atom. The molecule has 1 fully saturated rings. The lowest BCUT2D eigenvalue weighted by Gasteiger charge is -2.38. The van der Waals surface area contributed by atoms with Crippen molar-refractivity contribution in [3.63, 3.8) is 0 Å². The van der Waals surface area contributed by atoms with Gasteiger partial charge in [-0.2, -0.15) is 0 Å². The van der Waals surface area contributed by atoms with Gasteiger partial charge in [0.15, 0.2) is 0 Å². The van der Waals surface area contributed by atoms with E-state index in [-0.39, 0.29) is 11.7 Å². The van der Waals surface area contributed by atoms with Crippen molar-refractivity contribution in [2.45, 2.75) is 60.5 Å². The molecule has 0 unspecified atom stereocenters. The lowest BCUT2D eigenvalue weighted by atomic mass is 9.98. The molecule has 0 aliphatic carbocycles. The van der Waals surface area contributed by atoms with Gasteiger partial charge in [-0.25, -0.2) is 9.59 Å². The summed E-state index contributed by atoms with van der Waals surface area (Å²) in [7, 11) is 0. The molecule has 0 spiro atoms. The monoisotopic (exact) mass is 405 g/mol. The lowest BCUT2D eigenvalue weighted by molar-refractivity contribution is -0.132. The van der Waals surface area contributed by atoms with Gasteiger partial charge in [0.1, 0.15) is 5.60 Å². The van der Waals surface area contributed by atoms with Crippen molar-refractivity contribution in [1.82, 2.24) is 9.80 Å². The van der Waals surface area contributed by atoms with Gasteiger partial charge < -0.3 is 19.6 Å². The molecule has 1 amide bonds. The van der Waals surface area contributed by atoms with Crippen LogP contribution in [0.5, 0.6) is 0 Å². The molecular formula is C22H35N3O4. The number of carboxylic acid groups (broad SMARTS) is 1. The van der Waals surface area contributed by atoms with Crippen LogP contribution in [0.15, 0.2) is 40.2 Å². The zero-order chi connectivity index (χ0) is 22.2. The molecule has 162 valence electrons. The maximum absolute atomic E-state index is 12.3. The highest BCUT2D eigenvalue weighted by atomic mass is 16.6. The molecule has 0 bridgehead atoms. The summed E-state index contributed by atoms with van der Waals surface area (Å²) in [5.41, 5.74) is 1.81. The van der Waals surface area contributed by atoms with Gasteiger partial charge in [0.05, 0.1) is 5.57 Å². The second-order valence-corrected chi connectivity index (χ2v) is 7.93. The minimum absolute atomic E-state index is 0.225. The SMILES string of the molecule is C\C=C(C(=O)O)/C(C(/C)=N/C=C/CC)=C(/C)N1CCN(C(=O)OC(C)(C)C)CC1. The predicted molar refractivity (Wildman–Crippen MR) is 116 cm³/mol. The van der Waals surface area contributed by atoms with Crippen molar-refractivity contribution in [2.75, 3.05) is 26.2 Å². The molecule has 1 N–H and O–H groups in total. The minimum atomic E-state index is -0.983. The Balaban J connectivity index is 3.11. The van der Waals surface area contributed by atoms with Crippen molar-refractivity contribution in [3.05, 3.63) is 35.2 Å². The maximum Gasteiger partial charge on any atom is 0.410 e. The number of rotatable bonds is 6. The molecule has 1 aliphatic rings. The standard InChI is InChI=1S/C22H35N3O4/c1-8-10-11-23-16(3)19(18(9-2)20(26)27)17(4)24-12-14-25(15-13-24)21(28)29-22(5,6)7/h9-11H,8,12-15H2,1-7H3,(H,26,27)/b11-10+,18-9+,19-17-,23-16+. The average Bonchev–Trinajstić information content (AvgIpc) is 2.64. The van der Waals surface area contributed by atoms with E-state index in [0.717, 1.165) is 12.1 Å². The van der Waals surface area contributed by atoms with Gasteiger partial charge in [-0.1, -0.05) is 19.1 Å². The Morgan fingerprint density at radius 2 is 1.66 bits per heavy atom. The number of nitrogens with zero attached hydrogens (tertiary/aromatic N) is 3. The van der Waals surface area contributed by atoms with Gasteiger partial charge in [-0.05, 0) is 48.0 Å². The lowest BCUT2D eigenvalue weighted by Crippen LogP contribution is -2.49. The number of carbonyl (C=O) groups excluding carboxylic acids is 1. The molecule has 0 aromatic heterocycles. The normalized spacial score (nSPS) is 17.5. The third kappa shape index (κ3) is 7.40. The highest BCUT2D eigenvalue weighted by Crippen LogP contribution is 2.22. The number of amides is 1. The predicted octanol–water partition coefficient (Wildman–Crippen LogP) is 4.23. The first-order chi connectivity index (χ1) is 13.5. The summed E-state index contributed by atoms with van der Waals surface area (Å²) in [6.45, 7) is 15.2. The molecule has 0 saturated carbocycles. The van der Waals surface area contributed by atoms with E-state index in [9.17, 15) is 14.7 Å². The zero-order valence-corrected chi connectivity index (χ0v) is 18.8. The van der Waals surface area contributed by atoms with Crippen molar-refractivity contribution in [3.8, 4) is 0 Å². The van der Waals surface area contributed by atoms with Crippen LogP contribution in [0.2, 0.25) is 0 Å². The Hall–Kier alpha value is -2.57. The summed E-state index contributed by atoms with van der Waals surface area (Å²) in [4.78, 5) is 32.3. The van der Waals surface area contributed by atoms with Crippen molar-refractivity contribution in [1.29, 1.82) is 0 Å². The number of carboxylic acids is 1. The van der Waals surface area contributed by atoms with Crippen LogP contribution in [0.25, 0.3) is 0 Å². The quantitative estimate of drug-likeness (QED) is 0.406. The molecule has 0 aromatic rings. The summed E-state index contributed by atoms with van der Waals surface area (Å²) in [5.74, 6) is -0.983. The molecule has 0 aromatic carbocycles. The third-order valence-electron chi connectivity index (χ3n) is 4.53. The van der Waals surface area contributed by atoms with Gasteiger partial charge in [0.25, 0.3) is 0 Å². The van der Waals surface area contributed by atoms with E-state index in [1.807, 2.05) is 47.6 Å². The Labute approximate surface area is 174 Å². The van der Waals surface area contributed by atoms with E-state index in [1.165, 1.54) is 0 Å². The van der Waals surface area contributed by atoms with E-state index >= 15 is 0 Å². The van der Waals surface area contributed by atoms with Crippen LogP contribution in [-0.4, -0.2) is 64.5 Å². The van der Waals surface area contributed by atoms with Gasteiger partial charge in [0, 0.05) is 49.4 Å². The number of piperazine rings is 1. The van der Waals surface area contributed by atoms with E-state index in [4.69, 9.17) is 4.74 Å². The summed E-state index contributed by atoms with van der Waals surface area (Å²) in [6.07, 6.45) is 5.77. The fourth-order valence-corrected chi connectivity index (χ4v) is 3.07. The van der Waals surface area contributed by atoms with Gasteiger partial charge in [-0.3, -0.25) is 4.99 Å². The van der Waals surface area contributed by atoms with Crippen LogP contribution < -0.4 is 0 Å². The van der Waals surface area contributed by atoms with Gasteiger partial charge >= 0.3 is 12.1 Å². The highest BCUT2D eigenvalue weighted by molar-refractivity contribution is 6.11. The van der Waals surface area contributed by atoms with Crippen molar-refractivity contribution in [2.24, 2.45) is 4.99 Å². The number of aliphatic imine (C=N–C) groups is 1. The van der Waals surface area contributed by atoms with Gasteiger partial charge in [0.2, 0.25) is 0 Å². The summed E-state index contributed by atoms with van der Waals surface area (Å²) in [6, 6.07) is 0. The van der Waals surface area contributed by atoms with E-state index in [0.29, 0.717) is 37.5 Å². The van der Waals surface area contributed by atoms with E-state index in [1.54, 1.807) is 24.1 Å². The number of aliphatic carboxylic acids is 1. The Morgan fingerprint density at radius 3 is 2.10 bits per heavy atom. The molecule has 1 heterocycles. The zero-order valence-electron chi connectivity index (χ0n) is 18.8. The molecule has 1 saturated heterocycles. The minimum Gasteiger partial charge on any atom is -0.478 e. The van der Waals surface area contributed by atoms with Crippen LogP contribution in [0.4, 0.5) is 4.79 Å². The van der Waals surface area contributed by atoms with Crippen LogP contribution in [0, 0.1) is 0 Å². The summed E-state index contributed by atoms with van der Waals surface area (Å²) in [5, 5.41) is 9.67. The average molecular weight is 406 g/mol. The fraction of sp³-hybridized carbons (Fsp3) is 0.591. The molecule has 7 nitrogen and oxygen atoms in total. The smallest absolute Gasteiger partial charge is 0.410 e. The van der Waals surface area contributed by atoms with Crippen LogP contribution in [0.3, 0.4) is 0 Å². The Kier molecular flexibility index (Phi) is 9.14. The second-order valence-electron chi connectivity index (χ2n) is 7.93. The van der Waals surface area contributed by atoms with E-state index in [2.05, 4.69) is 9.89 Å². The van der Waals surface area contributed by atoms with Crippen LogP contribution in [0.1, 0.15) is 54.9 Å². The van der Waals surface area contributed by atoms with E-state index < -0.39 is 11.6 Å². The molecule has 1 rings (SSSR count).